The van der Waals surface area contributed by atoms with Crippen LogP contribution in [0, 0.1) is 0 Å². The number of rotatable bonds is 3. The Kier molecular flexibility index (Phi) is 5.46. The molecule has 0 aromatic carbocycles. The summed E-state index contributed by atoms with van der Waals surface area (Å²) in [6.45, 7) is 3.12. The highest BCUT2D eigenvalue weighted by Crippen LogP contribution is 1.75. The molecule has 0 unspecified atom stereocenters. The Morgan fingerprint density at radius 1 is 1.57 bits per heavy atom. The van der Waals surface area contributed by atoms with Crippen molar-refractivity contribution in [2.75, 3.05) is 13.6 Å². The summed E-state index contributed by atoms with van der Waals surface area (Å²) in [6.07, 6.45) is 5.41. The molecule has 0 amide bonds. The summed E-state index contributed by atoms with van der Waals surface area (Å²) in [4.78, 5) is 0. The third-order valence-electron chi connectivity index (χ3n) is 0.724. The topological polar surface area (TPSA) is 12.0 Å². The van der Waals surface area contributed by atoms with E-state index in [1.807, 2.05) is 7.05 Å². The Bertz CT molecular complexity index is 52.5. The SMILES string of the molecule is CC/C=C/CNC.[HH]. The maximum atomic E-state index is 3.02. The van der Waals surface area contributed by atoms with Crippen molar-refractivity contribution in [3.05, 3.63) is 12.2 Å². The molecule has 0 aliphatic carbocycles. The quantitative estimate of drug-likeness (QED) is 0.530. The van der Waals surface area contributed by atoms with Crippen LogP contribution in [0.15, 0.2) is 12.2 Å². The fourth-order valence-corrected chi connectivity index (χ4v) is 0.368. The highest BCUT2D eigenvalue weighted by atomic mass is 14.8. The van der Waals surface area contributed by atoms with Crippen LogP contribution < -0.4 is 5.32 Å². The summed E-state index contributed by atoms with van der Waals surface area (Å²) in [6, 6.07) is 0. The van der Waals surface area contributed by atoms with Crippen LogP contribution in [0.1, 0.15) is 14.8 Å². The van der Waals surface area contributed by atoms with Crippen LogP contribution in [-0.2, 0) is 0 Å². The van der Waals surface area contributed by atoms with Crippen molar-refractivity contribution in [2.24, 2.45) is 0 Å². The molecule has 0 saturated heterocycles. The fourth-order valence-electron chi connectivity index (χ4n) is 0.368. The summed E-state index contributed by atoms with van der Waals surface area (Å²) in [7, 11) is 1.94. The lowest BCUT2D eigenvalue weighted by Gasteiger charge is -1.83. The minimum atomic E-state index is 0. The van der Waals surface area contributed by atoms with Gasteiger partial charge in [0.05, 0.1) is 0 Å². The zero-order valence-corrected chi connectivity index (χ0v) is 5.07. The minimum absolute atomic E-state index is 0. The standard InChI is InChI=1S/C6H13N.H2/c1-3-4-5-6-7-2;/h4-5,7H,3,6H2,1-2H3;1H/b5-4+;. The number of allylic oxidation sites excluding steroid dienone is 1. The van der Waals surface area contributed by atoms with Gasteiger partial charge in [0.15, 0.2) is 0 Å². The minimum Gasteiger partial charge on any atom is -0.316 e. The van der Waals surface area contributed by atoms with Gasteiger partial charge < -0.3 is 5.32 Å². The first-order chi connectivity index (χ1) is 3.41. The highest BCUT2D eigenvalue weighted by Gasteiger charge is 1.65. The van der Waals surface area contributed by atoms with Gasteiger partial charge in [-0.2, -0.15) is 0 Å². The molecule has 0 radical (unpaired) electrons. The van der Waals surface area contributed by atoms with E-state index in [0.29, 0.717) is 0 Å². The van der Waals surface area contributed by atoms with Crippen molar-refractivity contribution in [3.63, 3.8) is 0 Å². The van der Waals surface area contributed by atoms with Crippen LogP contribution in [0.3, 0.4) is 0 Å². The van der Waals surface area contributed by atoms with E-state index >= 15 is 0 Å². The number of likely N-dealkylation sites (N-methyl/N-ethyl adjacent to an activating group) is 1. The fraction of sp³-hybridized carbons (Fsp3) is 0.667. The van der Waals surface area contributed by atoms with Gasteiger partial charge >= 0.3 is 0 Å². The molecule has 0 aliphatic rings. The lowest BCUT2D eigenvalue weighted by molar-refractivity contribution is 0.915. The molecular formula is C6H15N. The van der Waals surface area contributed by atoms with E-state index in [0.717, 1.165) is 13.0 Å². The predicted octanol–water partition coefficient (Wildman–Crippen LogP) is 1.42. The van der Waals surface area contributed by atoms with Crippen molar-refractivity contribution in [3.8, 4) is 0 Å². The summed E-state index contributed by atoms with van der Waals surface area (Å²) in [5.74, 6) is 0. The van der Waals surface area contributed by atoms with Crippen LogP contribution in [0.25, 0.3) is 0 Å². The zero-order chi connectivity index (χ0) is 5.54. The molecule has 0 aliphatic heterocycles. The molecule has 0 saturated carbocycles. The molecule has 0 aromatic rings. The Balaban J connectivity index is 0. The lowest BCUT2D eigenvalue weighted by Crippen LogP contribution is -2.03. The number of hydrogen-bond acceptors (Lipinski definition) is 1. The number of nitrogens with one attached hydrogen (secondary N) is 1. The van der Waals surface area contributed by atoms with Gasteiger partial charge in [-0.05, 0) is 13.5 Å². The van der Waals surface area contributed by atoms with E-state index < -0.39 is 0 Å². The molecule has 1 nitrogen and oxygen atoms in total. The van der Waals surface area contributed by atoms with Crippen molar-refractivity contribution in [1.29, 1.82) is 0 Å². The molecule has 0 atom stereocenters. The summed E-state index contributed by atoms with van der Waals surface area (Å²) < 4.78 is 0. The Labute approximate surface area is 46.9 Å². The van der Waals surface area contributed by atoms with Gasteiger partial charge in [0.2, 0.25) is 0 Å². The summed E-state index contributed by atoms with van der Waals surface area (Å²) >= 11 is 0. The first kappa shape index (κ1) is 6.70. The molecule has 0 fully saturated rings. The molecule has 0 aromatic heterocycles. The smallest absolute Gasteiger partial charge is 0.0131 e. The van der Waals surface area contributed by atoms with Crippen LogP contribution in [-0.4, -0.2) is 13.6 Å². The van der Waals surface area contributed by atoms with Crippen LogP contribution in [0.5, 0.6) is 0 Å². The van der Waals surface area contributed by atoms with Gasteiger partial charge in [-0.1, -0.05) is 19.1 Å². The van der Waals surface area contributed by atoms with Crippen LogP contribution >= 0.6 is 0 Å². The molecular weight excluding hydrogens is 86.1 g/mol. The maximum Gasteiger partial charge on any atom is 0.0131 e. The van der Waals surface area contributed by atoms with Gasteiger partial charge in [0.1, 0.15) is 0 Å². The normalized spacial score (nSPS) is 10.6. The predicted molar refractivity (Wildman–Crippen MR) is 35.5 cm³/mol. The third-order valence-corrected chi connectivity index (χ3v) is 0.724. The van der Waals surface area contributed by atoms with Crippen molar-refractivity contribution in [1.82, 2.24) is 5.32 Å². The lowest BCUT2D eigenvalue weighted by atomic mass is 10.4. The van der Waals surface area contributed by atoms with Gasteiger partial charge in [-0.25, -0.2) is 0 Å². The first-order valence-corrected chi connectivity index (χ1v) is 2.71. The monoisotopic (exact) mass is 101 g/mol. The van der Waals surface area contributed by atoms with Crippen LogP contribution in [0.4, 0.5) is 0 Å². The van der Waals surface area contributed by atoms with E-state index in [1.165, 1.54) is 0 Å². The van der Waals surface area contributed by atoms with E-state index in [4.69, 9.17) is 0 Å². The Morgan fingerprint density at radius 2 is 2.29 bits per heavy atom. The Morgan fingerprint density at radius 3 is 2.71 bits per heavy atom. The molecule has 0 spiro atoms. The molecule has 1 heteroatoms. The molecule has 7 heavy (non-hydrogen) atoms. The van der Waals surface area contributed by atoms with Crippen molar-refractivity contribution in [2.45, 2.75) is 13.3 Å². The molecule has 0 heterocycles. The van der Waals surface area contributed by atoms with Gasteiger partial charge in [-0.15, -0.1) is 0 Å². The largest absolute Gasteiger partial charge is 0.316 e. The summed E-state index contributed by atoms with van der Waals surface area (Å²) in [5, 5.41) is 3.02. The van der Waals surface area contributed by atoms with E-state index in [1.54, 1.807) is 0 Å². The molecule has 1 N–H and O–H groups in total. The van der Waals surface area contributed by atoms with Crippen molar-refractivity contribution < 1.29 is 1.43 Å². The van der Waals surface area contributed by atoms with Gasteiger partial charge in [0, 0.05) is 7.97 Å². The van der Waals surface area contributed by atoms with Gasteiger partial charge in [0.25, 0.3) is 0 Å². The average Bonchev–Trinajstić information content (AvgIpc) is 1.69. The van der Waals surface area contributed by atoms with Crippen molar-refractivity contribution >= 4 is 0 Å². The van der Waals surface area contributed by atoms with E-state index in [9.17, 15) is 0 Å². The highest BCUT2D eigenvalue weighted by molar-refractivity contribution is 4.81. The molecule has 44 valence electrons. The third kappa shape index (κ3) is 5.70. The second kappa shape index (κ2) is 5.70. The van der Waals surface area contributed by atoms with Crippen LogP contribution in [0.2, 0.25) is 0 Å². The molecule has 0 bridgehead atoms. The van der Waals surface area contributed by atoms with E-state index in [2.05, 4.69) is 24.4 Å². The van der Waals surface area contributed by atoms with E-state index in [-0.39, 0.29) is 1.43 Å². The average molecular weight is 101 g/mol. The first-order valence-electron chi connectivity index (χ1n) is 2.71. The van der Waals surface area contributed by atoms with Gasteiger partial charge in [-0.3, -0.25) is 0 Å². The molecule has 0 rings (SSSR count). The summed E-state index contributed by atoms with van der Waals surface area (Å²) in [5.41, 5.74) is 0. The maximum absolute atomic E-state index is 3.02. The number of hydrogen-bond donors (Lipinski definition) is 1. The second-order valence-corrected chi connectivity index (χ2v) is 1.44. The Hall–Kier alpha value is -0.300. The second-order valence-electron chi connectivity index (χ2n) is 1.44. The zero-order valence-electron chi connectivity index (χ0n) is 5.07.